The number of amides is 2. The molecule has 1 aromatic heterocycles. The summed E-state index contributed by atoms with van der Waals surface area (Å²) < 4.78 is 10.3. The molecule has 8 heteroatoms. The first-order valence-corrected chi connectivity index (χ1v) is 9.54. The van der Waals surface area contributed by atoms with Crippen molar-refractivity contribution in [3.05, 3.63) is 11.8 Å². The lowest BCUT2D eigenvalue weighted by atomic mass is 9.91. The monoisotopic (exact) mass is 380 g/mol. The standard InChI is InChI=1S/C19H32N4O4/c1-15-12-16(21-27-15)20-17(24)14-23(18(25)13-19(2,3)4)7-5-6-22-8-10-26-11-9-22/h12H,5-11,13-14H2,1-4H3,(H,20,21,24). The fraction of sp³-hybridized carbons (Fsp3) is 0.737. The lowest BCUT2D eigenvalue weighted by molar-refractivity contribution is -0.136. The maximum Gasteiger partial charge on any atom is 0.245 e. The van der Waals surface area contributed by atoms with E-state index in [4.69, 9.17) is 9.26 Å². The van der Waals surface area contributed by atoms with E-state index in [2.05, 4.69) is 15.4 Å². The minimum absolute atomic E-state index is 0.00374. The van der Waals surface area contributed by atoms with Gasteiger partial charge >= 0.3 is 0 Å². The van der Waals surface area contributed by atoms with Gasteiger partial charge in [0.05, 0.1) is 19.8 Å². The molecule has 1 N–H and O–H groups in total. The molecule has 2 amide bonds. The number of carbonyl (C=O) groups excluding carboxylic acids is 2. The first-order chi connectivity index (χ1) is 12.7. The van der Waals surface area contributed by atoms with Crippen molar-refractivity contribution in [2.45, 2.75) is 40.5 Å². The molecule has 0 radical (unpaired) electrons. The molecule has 1 fully saturated rings. The Morgan fingerprint density at radius 1 is 1.30 bits per heavy atom. The Balaban J connectivity index is 1.89. The van der Waals surface area contributed by atoms with Gasteiger partial charge in [-0.1, -0.05) is 25.9 Å². The quantitative estimate of drug-likeness (QED) is 0.741. The Hall–Kier alpha value is -1.93. The molecule has 0 unspecified atom stereocenters. The van der Waals surface area contributed by atoms with Crippen LogP contribution in [0.3, 0.4) is 0 Å². The first kappa shape index (κ1) is 21.4. The van der Waals surface area contributed by atoms with Gasteiger partial charge in [-0.15, -0.1) is 0 Å². The molecule has 8 nitrogen and oxygen atoms in total. The number of nitrogens with zero attached hydrogens (tertiary/aromatic N) is 3. The summed E-state index contributed by atoms with van der Waals surface area (Å²) in [5, 5.41) is 6.45. The number of ether oxygens (including phenoxy) is 1. The van der Waals surface area contributed by atoms with E-state index in [1.807, 2.05) is 20.8 Å². The van der Waals surface area contributed by atoms with Crippen LogP contribution < -0.4 is 5.32 Å². The van der Waals surface area contributed by atoms with Crippen molar-refractivity contribution < 1.29 is 18.8 Å². The average Bonchev–Trinajstić information content (AvgIpc) is 2.98. The number of hydrogen-bond acceptors (Lipinski definition) is 6. The van der Waals surface area contributed by atoms with Gasteiger partial charge in [0, 0.05) is 38.7 Å². The predicted molar refractivity (Wildman–Crippen MR) is 102 cm³/mol. The number of carbonyl (C=O) groups is 2. The number of aryl methyl sites for hydroxylation is 1. The Labute approximate surface area is 161 Å². The van der Waals surface area contributed by atoms with Crippen LogP contribution in [-0.2, 0) is 14.3 Å². The van der Waals surface area contributed by atoms with Gasteiger partial charge in [-0.2, -0.15) is 0 Å². The molecule has 2 rings (SSSR count). The van der Waals surface area contributed by atoms with Crippen LogP contribution in [0.2, 0.25) is 0 Å². The van der Waals surface area contributed by atoms with Crippen LogP contribution in [0.4, 0.5) is 5.82 Å². The smallest absolute Gasteiger partial charge is 0.245 e. The molecular formula is C19H32N4O4. The second-order valence-corrected chi connectivity index (χ2v) is 8.23. The Morgan fingerprint density at radius 3 is 2.59 bits per heavy atom. The second-order valence-electron chi connectivity index (χ2n) is 8.23. The number of rotatable bonds is 8. The van der Waals surface area contributed by atoms with E-state index in [0.717, 1.165) is 39.3 Å². The minimum atomic E-state index is -0.267. The summed E-state index contributed by atoms with van der Waals surface area (Å²) in [4.78, 5) is 29.0. The number of aromatic nitrogens is 1. The Kier molecular flexibility index (Phi) is 7.79. The molecule has 0 spiro atoms. The van der Waals surface area contributed by atoms with E-state index in [-0.39, 0.29) is 23.8 Å². The van der Waals surface area contributed by atoms with Crippen molar-refractivity contribution in [2.75, 3.05) is 51.3 Å². The van der Waals surface area contributed by atoms with E-state index in [1.165, 1.54) is 0 Å². The summed E-state index contributed by atoms with van der Waals surface area (Å²) in [5.74, 6) is 0.721. The molecule has 0 bridgehead atoms. The first-order valence-electron chi connectivity index (χ1n) is 9.54. The van der Waals surface area contributed by atoms with Crippen LogP contribution in [0.15, 0.2) is 10.6 Å². The summed E-state index contributed by atoms with van der Waals surface area (Å²) in [5.41, 5.74) is -0.126. The van der Waals surface area contributed by atoms with E-state index in [9.17, 15) is 9.59 Å². The summed E-state index contributed by atoms with van der Waals surface area (Å²) in [6, 6.07) is 1.65. The van der Waals surface area contributed by atoms with Crippen LogP contribution >= 0.6 is 0 Å². The lowest BCUT2D eigenvalue weighted by Crippen LogP contribution is -2.42. The third-order valence-electron chi connectivity index (χ3n) is 4.27. The maximum atomic E-state index is 12.7. The number of nitrogens with one attached hydrogen (secondary N) is 1. The molecular weight excluding hydrogens is 348 g/mol. The van der Waals surface area contributed by atoms with E-state index >= 15 is 0 Å². The zero-order valence-corrected chi connectivity index (χ0v) is 16.9. The zero-order valence-electron chi connectivity index (χ0n) is 16.9. The fourth-order valence-corrected chi connectivity index (χ4v) is 2.95. The lowest BCUT2D eigenvalue weighted by Gasteiger charge is -2.29. The van der Waals surface area contributed by atoms with Gasteiger partial charge in [-0.05, 0) is 18.8 Å². The van der Waals surface area contributed by atoms with Gasteiger partial charge in [0.25, 0.3) is 0 Å². The number of anilines is 1. The van der Waals surface area contributed by atoms with Crippen molar-refractivity contribution in [1.82, 2.24) is 15.0 Å². The number of morpholine rings is 1. The predicted octanol–water partition coefficient (Wildman–Crippen LogP) is 1.91. The highest BCUT2D eigenvalue weighted by atomic mass is 16.5. The topological polar surface area (TPSA) is 87.9 Å². The Bertz CT molecular complexity index is 617. The van der Waals surface area contributed by atoms with Gasteiger partial charge in [0.2, 0.25) is 11.8 Å². The molecule has 0 aliphatic carbocycles. The summed E-state index contributed by atoms with van der Waals surface area (Å²) in [6.07, 6.45) is 1.23. The van der Waals surface area contributed by atoms with Gasteiger partial charge in [0.15, 0.2) is 5.82 Å². The largest absolute Gasteiger partial charge is 0.379 e. The summed E-state index contributed by atoms with van der Waals surface area (Å²) >= 11 is 0. The highest BCUT2D eigenvalue weighted by Gasteiger charge is 2.23. The molecule has 0 aromatic carbocycles. The van der Waals surface area contributed by atoms with Crippen LogP contribution in [0.1, 0.15) is 39.4 Å². The van der Waals surface area contributed by atoms with Crippen molar-refractivity contribution in [1.29, 1.82) is 0 Å². The average molecular weight is 380 g/mol. The summed E-state index contributed by atoms with van der Waals surface area (Å²) in [6.45, 7) is 12.6. The van der Waals surface area contributed by atoms with Crippen LogP contribution in [0, 0.1) is 12.3 Å². The van der Waals surface area contributed by atoms with Crippen molar-refractivity contribution >= 4 is 17.6 Å². The third-order valence-corrected chi connectivity index (χ3v) is 4.27. The van der Waals surface area contributed by atoms with E-state index in [0.29, 0.717) is 24.5 Å². The van der Waals surface area contributed by atoms with Gasteiger partial charge in [-0.3, -0.25) is 14.5 Å². The van der Waals surface area contributed by atoms with Crippen molar-refractivity contribution in [3.8, 4) is 0 Å². The van der Waals surface area contributed by atoms with Gasteiger partial charge < -0.3 is 19.5 Å². The molecule has 152 valence electrons. The van der Waals surface area contributed by atoms with Crippen LogP contribution in [-0.4, -0.2) is 72.7 Å². The normalized spacial score (nSPS) is 15.6. The molecule has 0 atom stereocenters. The molecule has 2 heterocycles. The van der Waals surface area contributed by atoms with Crippen molar-refractivity contribution in [3.63, 3.8) is 0 Å². The van der Waals surface area contributed by atoms with Crippen LogP contribution in [0.25, 0.3) is 0 Å². The van der Waals surface area contributed by atoms with Gasteiger partial charge in [-0.25, -0.2) is 0 Å². The second kappa shape index (κ2) is 9.85. The number of hydrogen-bond donors (Lipinski definition) is 1. The van der Waals surface area contributed by atoms with E-state index < -0.39 is 0 Å². The zero-order chi connectivity index (χ0) is 19.9. The van der Waals surface area contributed by atoms with Crippen LogP contribution in [0.5, 0.6) is 0 Å². The highest BCUT2D eigenvalue weighted by molar-refractivity contribution is 5.93. The molecule has 1 saturated heterocycles. The molecule has 27 heavy (non-hydrogen) atoms. The molecule has 0 saturated carbocycles. The third kappa shape index (κ3) is 8.09. The highest BCUT2D eigenvalue weighted by Crippen LogP contribution is 2.20. The van der Waals surface area contributed by atoms with Gasteiger partial charge in [0.1, 0.15) is 5.76 Å². The SMILES string of the molecule is Cc1cc(NC(=O)CN(CCCN2CCOCC2)C(=O)CC(C)(C)C)no1. The summed E-state index contributed by atoms with van der Waals surface area (Å²) in [7, 11) is 0. The molecule has 1 aliphatic rings. The molecule has 1 aromatic rings. The molecule has 1 aliphatic heterocycles. The van der Waals surface area contributed by atoms with E-state index in [1.54, 1.807) is 17.9 Å². The fourth-order valence-electron chi connectivity index (χ4n) is 2.95. The maximum absolute atomic E-state index is 12.7. The minimum Gasteiger partial charge on any atom is -0.379 e. The van der Waals surface area contributed by atoms with Crippen molar-refractivity contribution in [2.24, 2.45) is 5.41 Å². The Morgan fingerprint density at radius 2 is 2.00 bits per heavy atom.